The maximum absolute atomic E-state index is 14.3. The molecule has 2 aliphatic carbocycles. The van der Waals surface area contributed by atoms with Crippen molar-refractivity contribution in [3.05, 3.63) is 59.4 Å². The largest absolute Gasteiger partial charge is 0.470 e. The summed E-state index contributed by atoms with van der Waals surface area (Å²) >= 11 is 0. The van der Waals surface area contributed by atoms with Gasteiger partial charge in [0.15, 0.2) is 25.5 Å². The first-order chi connectivity index (χ1) is 15.9. The number of ether oxygens (including phenoxy) is 1. The predicted octanol–water partition coefficient (Wildman–Crippen LogP) is 4.96. The van der Waals surface area contributed by atoms with E-state index in [0.717, 1.165) is 5.56 Å². The van der Waals surface area contributed by atoms with Crippen LogP contribution in [0.5, 0.6) is 5.88 Å². The molecule has 2 aliphatic rings. The van der Waals surface area contributed by atoms with Gasteiger partial charge >= 0.3 is 0 Å². The molecule has 34 heavy (non-hydrogen) atoms. The van der Waals surface area contributed by atoms with Crippen LogP contribution < -0.4 is 4.74 Å². The molecule has 0 fully saturated rings. The van der Waals surface area contributed by atoms with Crippen LogP contribution in [-0.2, 0) is 15.8 Å². The molecule has 3 atom stereocenters. The number of aromatic nitrogens is 1. The Bertz CT molecular complexity index is 1120. The van der Waals surface area contributed by atoms with Crippen molar-refractivity contribution in [2.75, 3.05) is 14.1 Å². The summed E-state index contributed by atoms with van der Waals surface area (Å²) in [6.07, 6.45) is 3.92. The third kappa shape index (κ3) is 3.87. The predicted molar refractivity (Wildman–Crippen MR) is 131 cm³/mol. The van der Waals surface area contributed by atoms with Gasteiger partial charge in [-0.3, -0.25) is 14.5 Å². The molecule has 0 unspecified atom stereocenters. The van der Waals surface area contributed by atoms with Crippen molar-refractivity contribution in [2.45, 2.75) is 63.6 Å². The van der Waals surface area contributed by atoms with Gasteiger partial charge in [0, 0.05) is 12.3 Å². The number of allylic oxidation sites excluding steroid dienone is 1. The van der Waals surface area contributed by atoms with E-state index in [1.165, 1.54) is 0 Å². The van der Waals surface area contributed by atoms with Crippen LogP contribution in [0.4, 0.5) is 0 Å². The van der Waals surface area contributed by atoms with E-state index < -0.39 is 31.7 Å². The summed E-state index contributed by atoms with van der Waals surface area (Å²) in [5.41, 5.74) is -0.475. The molecule has 0 saturated carbocycles. The Balaban J connectivity index is 1.84. The van der Waals surface area contributed by atoms with E-state index >= 15 is 0 Å². The van der Waals surface area contributed by atoms with Crippen molar-refractivity contribution >= 4 is 19.9 Å². The van der Waals surface area contributed by atoms with Crippen LogP contribution in [0.3, 0.4) is 0 Å². The number of carbonyl (C=O) groups is 2. The van der Waals surface area contributed by atoms with E-state index in [1.807, 2.05) is 61.5 Å². The number of ketones is 2. The fourth-order valence-corrected chi connectivity index (χ4v) is 6.01. The molecule has 0 N–H and O–H groups in total. The van der Waals surface area contributed by atoms with E-state index in [9.17, 15) is 9.59 Å². The lowest BCUT2D eigenvalue weighted by molar-refractivity contribution is -0.137. The SMILES string of the molecule is CN(C)[C@@H]1c2onc(OCc3ccccc3)c2C(=O)[C@@]2(O[Si](C)(C)C(C)(C)C)C(=O)CC=C[C@@H]12. The van der Waals surface area contributed by atoms with Crippen molar-refractivity contribution in [3.63, 3.8) is 0 Å². The molecular weight excluding hydrogens is 448 g/mol. The first-order valence-electron chi connectivity index (χ1n) is 11.7. The van der Waals surface area contributed by atoms with E-state index in [4.69, 9.17) is 13.7 Å². The van der Waals surface area contributed by atoms with E-state index in [2.05, 4.69) is 39.0 Å². The molecule has 4 rings (SSSR count). The summed E-state index contributed by atoms with van der Waals surface area (Å²) in [5, 5.41) is 3.94. The highest BCUT2D eigenvalue weighted by molar-refractivity contribution is 6.74. The van der Waals surface area contributed by atoms with Crippen LogP contribution in [0.2, 0.25) is 18.1 Å². The third-order valence-electron chi connectivity index (χ3n) is 7.39. The number of benzene rings is 1. The van der Waals surface area contributed by atoms with Crippen LogP contribution in [0.15, 0.2) is 47.0 Å². The minimum atomic E-state index is -2.53. The Morgan fingerprint density at radius 1 is 1.18 bits per heavy atom. The summed E-state index contributed by atoms with van der Waals surface area (Å²) in [4.78, 5) is 29.9. The number of hydrogen-bond acceptors (Lipinski definition) is 7. The average molecular weight is 483 g/mol. The lowest BCUT2D eigenvalue weighted by Crippen LogP contribution is -2.65. The highest BCUT2D eigenvalue weighted by atomic mass is 28.4. The molecule has 7 nitrogen and oxygen atoms in total. The summed E-state index contributed by atoms with van der Waals surface area (Å²) in [6, 6.07) is 9.24. The normalized spacial score (nSPS) is 24.8. The van der Waals surface area contributed by atoms with Crippen molar-refractivity contribution in [3.8, 4) is 5.88 Å². The average Bonchev–Trinajstić information content (AvgIpc) is 3.17. The fraction of sp³-hybridized carbons (Fsp3) is 0.500. The lowest BCUT2D eigenvalue weighted by Gasteiger charge is -2.51. The lowest BCUT2D eigenvalue weighted by atomic mass is 9.66. The summed E-state index contributed by atoms with van der Waals surface area (Å²) in [6.45, 7) is 10.7. The molecule has 1 heterocycles. The Kier molecular flexibility index (Phi) is 6.21. The molecule has 0 saturated heterocycles. The highest BCUT2D eigenvalue weighted by Gasteiger charge is 2.64. The summed E-state index contributed by atoms with van der Waals surface area (Å²) in [7, 11) is 1.28. The van der Waals surface area contributed by atoms with Gasteiger partial charge in [-0.15, -0.1) is 0 Å². The van der Waals surface area contributed by atoms with Gasteiger partial charge in [-0.2, -0.15) is 0 Å². The zero-order chi connectivity index (χ0) is 24.9. The van der Waals surface area contributed by atoms with Crippen molar-refractivity contribution in [1.29, 1.82) is 0 Å². The second kappa shape index (κ2) is 8.59. The Morgan fingerprint density at radius 3 is 2.47 bits per heavy atom. The molecule has 0 bridgehead atoms. The van der Waals surface area contributed by atoms with Crippen LogP contribution in [0.1, 0.15) is 54.9 Å². The number of Topliss-reactive ketones (excluding diaryl/α,β-unsaturated/α-hetero) is 2. The van der Waals surface area contributed by atoms with Crippen LogP contribution in [0.25, 0.3) is 0 Å². The third-order valence-corrected chi connectivity index (χ3v) is 11.8. The first-order valence-corrected chi connectivity index (χ1v) is 14.6. The quantitative estimate of drug-likeness (QED) is 0.327. The molecule has 182 valence electrons. The zero-order valence-corrected chi connectivity index (χ0v) is 22.0. The Hall–Kier alpha value is -2.55. The van der Waals surface area contributed by atoms with E-state index in [0.29, 0.717) is 5.76 Å². The van der Waals surface area contributed by atoms with Gasteiger partial charge in [-0.05, 0) is 42.9 Å². The Morgan fingerprint density at radius 2 is 1.85 bits per heavy atom. The van der Waals surface area contributed by atoms with Crippen molar-refractivity contribution < 1.29 is 23.3 Å². The maximum atomic E-state index is 14.3. The van der Waals surface area contributed by atoms with E-state index in [1.54, 1.807) is 0 Å². The summed E-state index contributed by atoms with van der Waals surface area (Å²) in [5.74, 6) is -0.629. The van der Waals surface area contributed by atoms with Gasteiger partial charge in [0.05, 0.1) is 6.04 Å². The van der Waals surface area contributed by atoms with Crippen molar-refractivity contribution in [2.24, 2.45) is 5.92 Å². The van der Waals surface area contributed by atoms with Gasteiger partial charge in [0.2, 0.25) is 5.78 Å². The second-order valence-corrected chi connectivity index (χ2v) is 15.6. The van der Waals surface area contributed by atoms with Crippen LogP contribution in [0, 0.1) is 5.92 Å². The standard InChI is InChI=1S/C26H34N2O5Si/c1-25(2,3)34(6,7)33-26-18(14-11-15-19(26)29)21(28(4)5)22-20(23(26)30)24(27-32-22)31-16-17-12-9-8-10-13-17/h8-14,18,21H,15-16H2,1-7H3/t18-,21-,26-/m0/s1. The van der Waals surface area contributed by atoms with E-state index in [-0.39, 0.29) is 35.3 Å². The second-order valence-electron chi connectivity index (χ2n) is 10.9. The molecule has 8 heteroatoms. The number of carbonyl (C=O) groups excluding carboxylic acids is 2. The van der Waals surface area contributed by atoms with Crippen molar-refractivity contribution in [1.82, 2.24) is 10.1 Å². The monoisotopic (exact) mass is 482 g/mol. The summed E-state index contributed by atoms with van der Waals surface area (Å²) < 4.78 is 18.5. The molecule has 2 aromatic rings. The molecular formula is C26H34N2O5Si. The molecule has 0 spiro atoms. The number of fused-ring (bicyclic) bond motifs is 2. The minimum absolute atomic E-state index is 0.106. The molecule has 1 aromatic heterocycles. The number of hydrogen-bond donors (Lipinski definition) is 0. The topological polar surface area (TPSA) is 81.9 Å². The van der Waals surface area contributed by atoms with Gasteiger partial charge in [0.1, 0.15) is 12.2 Å². The van der Waals surface area contributed by atoms with Gasteiger partial charge in [-0.25, -0.2) is 0 Å². The minimum Gasteiger partial charge on any atom is -0.470 e. The smallest absolute Gasteiger partial charge is 0.265 e. The highest BCUT2D eigenvalue weighted by Crippen LogP contribution is 2.53. The maximum Gasteiger partial charge on any atom is 0.265 e. The number of nitrogens with zero attached hydrogens (tertiary/aromatic N) is 2. The molecule has 0 aliphatic heterocycles. The molecule has 0 amide bonds. The zero-order valence-electron chi connectivity index (χ0n) is 21.0. The fourth-order valence-electron chi connectivity index (χ4n) is 4.55. The van der Waals surface area contributed by atoms with Crippen LogP contribution in [-0.4, -0.2) is 49.6 Å². The molecule has 0 radical (unpaired) electrons. The van der Waals surface area contributed by atoms with Gasteiger partial charge < -0.3 is 13.7 Å². The number of rotatable bonds is 6. The first kappa shape index (κ1) is 24.6. The van der Waals surface area contributed by atoms with Gasteiger partial charge in [-0.1, -0.05) is 63.3 Å². The van der Waals surface area contributed by atoms with Gasteiger partial charge in [0.25, 0.3) is 5.88 Å². The van der Waals surface area contributed by atoms with Crippen LogP contribution >= 0.6 is 0 Å². The Labute approximate surface area is 202 Å². The molecule has 1 aromatic carbocycles.